The van der Waals surface area contributed by atoms with E-state index < -0.39 is 22.8 Å². The van der Waals surface area contributed by atoms with Crippen LogP contribution in [0.5, 0.6) is 5.75 Å². The van der Waals surface area contributed by atoms with Gasteiger partial charge in [-0.2, -0.15) is 0 Å². The van der Waals surface area contributed by atoms with Crippen molar-refractivity contribution < 1.29 is 19.0 Å². The number of fused-ring (bicyclic) bond motifs is 1. The highest BCUT2D eigenvalue weighted by Crippen LogP contribution is 2.39. The van der Waals surface area contributed by atoms with Crippen molar-refractivity contribution in [2.75, 3.05) is 56.2 Å². The summed E-state index contributed by atoms with van der Waals surface area (Å²) in [7, 11) is 1.44. The van der Waals surface area contributed by atoms with Crippen molar-refractivity contribution in [2.24, 2.45) is 0 Å². The average Bonchev–Trinajstić information content (AvgIpc) is 3.00. The predicted molar refractivity (Wildman–Crippen MR) is 166 cm³/mol. The largest absolute Gasteiger partial charge is 0.492 e. The number of hydrogen-bond acceptors (Lipinski definition) is 6. The molecule has 0 saturated carbocycles. The van der Waals surface area contributed by atoms with Gasteiger partial charge in [0.05, 0.1) is 12.5 Å². The van der Waals surface area contributed by atoms with Gasteiger partial charge >= 0.3 is 5.97 Å². The summed E-state index contributed by atoms with van der Waals surface area (Å²) in [5.74, 6) is -1.83. The van der Waals surface area contributed by atoms with Gasteiger partial charge in [-0.25, -0.2) is 9.18 Å². The summed E-state index contributed by atoms with van der Waals surface area (Å²) in [6, 6.07) is 16.5. The predicted octanol–water partition coefficient (Wildman–Crippen LogP) is 5.66. The first-order valence-electron chi connectivity index (χ1n) is 14.0. The number of carboxylic acids is 1. The van der Waals surface area contributed by atoms with E-state index in [9.17, 15) is 14.7 Å². The van der Waals surface area contributed by atoms with Crippen LogP contribution in [0.2, 0.25) is 5.02 Å². The normalized spacial score (nSPS) is 13.7. The molecule has 0 radical (unpaired) electrons. The molecule has 0 spiro atoms. The van der Waals surface area contributed by atoms with Crippen LogP contribution in [0, 0.1) is 5.82 Å². The zero-order chi connectivity index (χ0) is 30.0. The molecular formula is C32H34ClFN4O4. The van der Waals surface area contributed by atoms with Gasteiger partial charge in [0.15, 0.2) is 11.6 Å². The number of ether oxygens (including phenoxy) is 1. The molecule has 1 saturated heterocycles. The minimum Gasteiger partial charge on any atom is -0.492 e. The molecule has 1 aromatic heterocycles. The fourth-order valence-electron chi connectivity index (χ4n) is 5.57. The fraction of sp³-hybridized carbons (Fsp3) is 0.312. The Morgan fingerprint density at radius 3 is 2.14 bits per heavy atom. The molecule has 3 aromatic carbocycles. The number of anilines is 2. The number of aromatic carboxylic acids is 1. The maximum atomic E-state index is 15.9. The summed E-state index contributed by atoms with van der Waals surface area (Å²) in [5.41, 5.74) is 2.13. The number of pyridine rings is 1. The van der Waals surface area contributed by atoms with E-state index in [2.05, 4.69) is 23.6 Å². The van der Waals surface area contributed by atoms with E-state index in [1.54, 1.807) is 4.57 Å². The number of benzene rings is 3. The van der Waals surface area contributed by atoms with Gasteiger partial charge in [-0.3, -0.25) is 9.69 Å². The Hall–Kier alpha value is -4.08. The van der Waals surface area contributed by atoms with Crippen molar-refractivity contribution in [1.29, 1.82) is 0 Å². The number of halogens is 2. The molecule has 1 aliphatic heterocycles. The number of carboxylic acid groups (broad SMARTS) is 1. The summed E-state index contributed by atoms with van der Waals surface area (Å²) in [5, 5.41) is 10.4. The van der Waals surface area contributed by atoms with Crippen LogP contribution in [-0.2, 0) is 6.54 Å². The van der Waals surface area contributed by atoms with E-state index in [4.69, 9.17) is 16.3 Å². The number of rotatable bonds is 9. The highest BCUT2D eigenvalue weighted by molar-refractivity contribution is 6.30. The Morgan fingerprint density at radius 2 is 1.57 bits per heavy atom. The first kappa shape index (κ1) is 29.4. The Bertz CT molecular complexity index is 1650. The fourth-order valence-corrected chi connectivity index (χ4v) is 5.69. The first-order chi connectivity index (χ1) is 20.2. The van der Waals surface area contributed by atoms with Crippen molar-refractivity contribution in [3.63, 3.8) is 0 Å². The Balaban J connectivity index is 1.59. The average molecular weight is 593 g/mol. The molecule has 0 atom stereocenters. The number of piperazine rings is 1. The zero-order valence-corrected chi connectivity index (χ0v) is 24.7. The van der Waals surface area contributed by atoms with Crippen LogP contribution in [0.1, 0.15) is 29.8 Å². The lowest BCUT2D eigenvalue weighted by atomic mass is 10.1. The maximum Gasteiger partial charge on any atom is 0.341 e. The van der Waals surface area contributed by atoms with Crippen LogP contribution in [0.4, 0.5) is 15.8 Å². The molecule has 1 aliphatic rings. The Morgan fingerprint density at radius 1 is 0.976 bits per heavy atom. The summed E-state index contributed by atoms with van der Waals surface area (Å²) in [6.45, 7) is 9.14. The SMILES string of the molecule is CCN(CC)Cc1ccc(-n2cc(C(=O)O)c(=O)c3cc(F)c(N4CCN(c5ccc(Cl)cc5)CC4)c(OC)c32)cc1. The van der Waals surface area contributed by atoms with Crippen LogP contribution in [0.25, 0.3) is 16.6 Å². The van der Waals surface area contributed by atoms with Gasteiger partial charge in [-0.1, -0.05) is 37.6 Å². The third-order valence-corrected chi connectivity index (χ3v) is 8.16. The molecule has 0 amide bonds. The van der Waals surface area contributed by atoms with Crippen LogP contribution in [0.3, 0.4) is 0 Å². The lowest BCUT2D eigenvalue weighted by Crippen LogP contribution is -2.47. The van der Waals surface area contributed by atoms with Crippen molar-refractivity contribution in [3.8, 4) is 11.4 Å². The van der Waals surface area contributed by atoms with Gasteiger partial charge in [0.25, 0.3) is 0 Å². The van der Waals surface area contributed by atoms with Gasteiger partial charge in [0, 0.05) is 55.3 Å². The van der Waals surface area contributed by atoms with Crippen molar-refractivity contribution in [1.82, 2.24) is 9.47 Å². The van der Waals surface area contributed by atoms with E-state index in [1.165, 1.54) is 13.3 Å². The molecule has 2 heterocycles. The number of nitrogens with zero attached hydrogens (tertiary/aromatic N) is 4. The van der Waals surface area contributed by atoms with Gasteiger partial charge in [0.2, 0.25) is 5.43 Å². The second-order valence-corrected chi connectivity index (χ2v) is 10.7. The highest BCUT2D eigenvalue weighted by atomic mass is 35.5. The molecule has 220 valence electrons. The zero-order valence-electron chi connectivity index (χ0n) is 23.9. The molecule has 8 nitrogen and oxygen atoms in total. The summed E-state index contributed by atoms with van der Waals surface area (Å²) < 4.78 is 23.3. The van der Waals surface area contributed by atoms with E-state index in [1.807, 2.05) is 53.4 Å². The third-order valence-electron chi connectivity index (χ3n) is 7.91. The number of methoxy groups -OCH3 is 1. The van der Waals surface area contributed by atoms with E-state index >= 15 is 4.39 Å². The Kier molecular flexibility index (Phi) is 8.70. The number of carbonyl (C=O) groups is 1. The summed E-state index contributed by atoms with van der Waals surface area (Å²) >= 11 is 6.05. The molecule has 10 heteroatoms. The molecule has 1 fully saturated rings. The van der Waals surface area contributed by atoms with Crippen molar-refractivity contribution >= 4 is 39.8 Å². The molecule has 1 N–H and O–H groups in total. The molecule has 0 bridgehead atoms. The van der Waals surface area contributed by atoms with Gasteiger partial charge in [-0.05, 0) is 61.1 Å². The van der Waals surface area contributed by atoms with Crippen molar-refractivity contribution in [2.45, 2.75) is 20.4 Å². The lowest BCUT2D eigenvalue weighted by Gasteiger charge is -2.38. The van der Waals surface area contributed by atoms with Gasteiger partial charge in [-0.15, -0.1) is 0 Å². The molecule has 42 heavy (non-hydrogen) atoms. The van der Waals surface area contributed by atoms with Gasteiger partial charge in [0.1, 0.15) is 16.8 Å². The Labute approximate surface area is 249 Å². The number of hydrogen-bond donors (Lipinski definition) is 1. The maximum absolute atomic E-state index is 15.9. The second kappa shape index (κ2) is 12.4. The molecule has 4 aromatic rings. The molecule has 0 aliphatic carbocycles. The summed E-state index contributed by atoms with van der Waals surface area (Å²) in [6.07, 6.45) is 1.30. The minimum absolute atomic E-state index is 0.0555. The van der Waals surface area contributed by atoms with Crippen LogP contribution >= 0.6 is 11.6 Å². The second-order valence-electron chi connectivity index (χ2n) is 10.3. The standard InChI is InChI=1S/C32H34ClFN4O4/c1-4-35(5-2)19-21-6-10-24(11-7-21)38-20-26(32(40)41)30(39)25-18-27(34)29(31(42-3)28(25)38)37-16-14-36(15-17-37)23-12-8-22(33)9-13-23/h6-13,18,20H,4-5,14-17,19H2,1-3H3,(H,40,41). The number of aromatic nitrogens is 1. The minimum atomic E-state index is -1.38. The topological polar surface area (TPSA) is 78.2 Å². The van der Waals surface area contributed by atoms with E-state index in [-0.39, 0.29) is 16.8 Å². The van der Waals surface area contributed by atoms with Crippen LogP contribution in [-0.4, -0.2) is 66.9 Å². The monoisotopic (exact) mass is 592 g/mol. The van der Waals surface area contributed by atoms with Gasteiger partial charge < -0.3 is 24.2 Å². The molecule has 5 rings (SSSR count). The molecular weight excluding hydrogens is 559 g/mol. The molecule has 0 unspecified atom stereocenters. The van der Waals surface area contributed by atoms with E-state index in [0.717, 1.165) is 37.0 Å². The highest BCUT2D eigenvalue weighted by Gasteiger charge is 2.28. The van der Waals surface area contributed by atoms with Crippen molar-refractivity contribution in [3.05, 3.63) is 93.0 Å². The van der Waals surface area contributed by atoms with E-state index in [0.29, 0.717) is 42.4 Å². The smallest absolute Gasteiger partial charge is 0.341 e. The third kappa shape index (κ3) is 5.67. The van der Waals surface area contributed by atoms with Crippen LogP contribution in [0.15, 0.2) is 65.6 Å². The quantitative estimate of drug-likeness (QED) is 0.269. The van der Waals surface area contributed by atoms with Crippen LogP contribution < -0.4 is 20.0 Å². The lowest BCUT2D eigenvalue weighted by molar-refractivity contribution is 0.0695. The first-order valence-corrected chi connectivity index (χ1v) is 14.4. The summed E-state index contributed by atoms with van der Waals surface area (Å²) in [4.78, 5) is 31.7.